The lowest BCUT2D eigenvalue weighted by atomic mass is 10.1. The third-order valence-electron chi connectivity index (χ3n) is 4.68. The zero-order valence-electron chi connectivity index (χ0n) is 14.8. The van der Waals surface area contributed by atoms with Crippen LogP contribution in [0.15, 0.2) is 54.9 Å². The molecule has 2 aromatic rings. The molecule has 5 heteroatoms. The predicted octanol–water partition coefficient (Wildman–Crippen LogP) is 2.16. The largest absolute Gasteiger partial charge is 0.358 e. The summed E-state index contributed by atoms with van der Waals surface area (Å²) in [5, 5.41) is 3.21. The van der Waals surface area contributed by atoms with Crippen molar-refractivity contribution >= 4 is 11.6 Å². The summed E-state index contributed by atoms with van der Waals surface area (Å²) in [6.07, 6.45) is 4.72. The standard InChI is InChI=1S/C20H26N4O/c1-21-12-18-9-11-23(14-18)20(25)16-24(19-7-3-2-4-8-19)15-17-6-5-10-22-13-17/h2-8,10,13,18,21H,9,11-12,14-16H2,1H3. The number of benzene rings is 1. The van der Waals surface area contributed by atoms with Crippen molar-refractivity contribution in [1.82, 2.24) is 15.2 Å². The van der Waals surface area contributed by atoms with Gasteiger partial charge in [0.05, 0.1) is 6.54 Å². The van der Waals surface area contributed by atoms with E-state index in [1.807, 2.05) is 48.5 Å². The fourth-order valence-corrected chi connectivity index (χ4v) is 3.37. The van der Waals surface area contributed by atoms with Crippen LogP contribution < -0.4 is 10.2 Å². The van der Waals surface area contributed by atoms with Crippen molar-refractivity contribution in [3.63, 3.8) is 0 Å². The number of carbonyl (C=O) groups excluding carboxylic acids is 1. The average molecular weight is 338 g/mol. The van der Waals surface area contributed by atoms with Crippen LogP contribution in [0.1, 0.15) is 12.0 Å². The smallest absolute Gasteiger partial charge is 0.242 e. The van der Waals surface area contributed by atoms with Gasteiger partial charge in [-0.2, -0.15) is 0 Å². The molecule has 0 bridgehead atoms. The van der Waals surface area contributed by atoms with Crippen molar-refractivity contribution in [3.8, 4) is 0 Å². The summed E-state index contributed by atoms with van der Waals surface area (Å²) in [4.78, 5) is 21.1. The van der Waals surface area contributed by atoms with E-state index in [1.54, 1.807) is 6.20 Å². The van der Waals surface area contributed by atoms with Gasteiger partial charge in [0.2, 0.25) is 5.91 Å². The molecule has 25 heavy (non-hydrogen) atoms. The number of anilines is 1. The molecule has 1 aromatic carbocycles. The summed E-state index contributed by atoms with van der Waals surface area (Å²) in [6.45, 7) is 3.76. The second kappa shape index (κ2) is 8.62. The van der Waals surface area contributed by atoms with Gasteiger partial charge >= 0.3 is 0 Å². The molecule has 1 saturated heterocycles. The molecule has 1 atom stereocenters. The number of hydrogen-bond donors (Lipinski definition) is 1. The van der Waals surface area contributed by atoms with Gasteiger partial charge in [-0.1, -0.05) is 24.3 Å². The highest BCUT2D eigenvalue weighted by Crippen LogP contribution is 2.19. The highest BCUT2D eigenvalue weighted by Gasteiger charge is 2.26. The van der Waals surface area contributed by atoms with E-state index in [4.69, 9.17) is 0 Å². The molecule has 0 aliphatic carbocycles. The normalized spacial score (nSPS) is 16.8. The van der Waals surface area contributed by atoms with Crippen molar-refractivity contribution in [2.24, 2.45) is 5.92 Å². The Balaban J connectivity index is 1.68. The topological polar surface area (TPSA) is 48.5 Å². The fourth-order valence-electron chi connectivity index (χ4n) is 3.37. The van der Waals surface area contributed by atoms with Gasteiger partial charge in [-0.05, 0) is 49.7 Å². The van der Waals surface area contributed by atoms with E-state index in [0.717, 1.165) is 37.3 Å². The van der Waals surface area contributed by atoms with E-state index in [9.17, 15) is 4.79 Å². The summed E-state index contributed by atoms with van der Waals surface area (Å²) >= 11 is 0. The third kappa shape index (κ3) is 4.79. The molecule has 1 N–H and O–H groups in total. The van der Waals surface area contributed by atoms with Gasteiger partial charge in [-0.3, -0.25) is 9.78 Å². The van der Waals surface area contributed by atoms with E-state index in [1.165, 1.54) is 0 Å². The van der Waals surface area contributed by atoms with Crippen LogP contribution >= 0.6 is 0 Å². The molecule has 1 amide bonds. The number of carbonyl (C=O) groups is 1. The van der Waals surface area contributed by atoms with Gasteiger partial charge in [0.15, 0.2) is 0 Å². The molecule has 1 unspecified atom stereocenters. The minimum atomic E-state index is 0.200. The number of nitrogens with one attached hydrogen (secondary N) is 1. The maximum atomic E-state index is 12.8. The van der Waals surface area contributed by atoms with Gasteiger partial charge in [0.1, 0.15) is 0 Å². The van der Waals surface area contributed by atoms with Crippen LogP contribution in [0, 0.1) is 5.92 Å². The summed E-state index contributed by atoms with van der Waals surface area (Å²) in [5.74, 6) is 0.767. The number of pyridine rings is 1. The van der Waals surface area contributed by atoms with Crippen molar-refractivity contribution in [3.05, 3.63) is 60.4 Å². The van der Waals surface area contributed by atoms with Crippen LogP contribution in [0.3, 0.4) is 0 Å². The fraction of sp³-hybridized carbons (Fsp3) is 0.400. The minimum absolute atomic E-state index is 0.200. The first-order valence-corrected chi connectivity index (χ1v) is 8.87. The summed E-state index contributed by atoms with van der Waals surface area (Å²) in [7, 11) is 1.97. The molecule has 0 radical (unpaired) electrons. The second-order valence-electron chi connectivity index (χ2n) is 6.61. The molecule has 1 aliphatic heterocycles. The Morgan fingerprint density at radius 2 is 2.12 bits per heavy atom. The molecule has 2 heterocycles. The Bertz CT molecular complexity index is 662. The lowest BCUT2D eigenvalue weighted by molar-refractivity contribution is -0.128. The van der Waals surface area contributed by atoms with Crippen molar-refractivity contribution in [2.45, 2.75) is 13.0 Å². The monoisotopic (exact) mass is 338 g/mol. The third-order valence-corrected chi connectivity index (χ3v) is 4.68. The van der Waals surface area contributed by atoms with E-state index >= 15 is 0 Å². The van der Waals surface area contributed by atoms with Gasteiger partial charge < -0.3 is 15.1 Å². The van der Waals surface area contributed by atoms with Gasteiger partial charge in [-0.25, -0.2) is 0 Å². The second-order valence-corrected chi connectivity index (χ2v) is 6.61. The van der Waals surface area contributed by atoms with Crippen LogP contribution in [0.2, 0.25) is 0 Å². The number of amides is 1. The van der Waals surface area contributed by atoms with Crippen LogP contribution in [0.4, 0.5) is 5.69 Å². The zero-order chi connectivity index (χ0) is 17.5. The quantitative estimate of drug-likeness (QED) is 0.840. The molecule has 1 fully saturated rings. The maximum absolute atomic E-state index is 12.8. The van der Waals surface area contributed by atoms with Gasteiger partial charge in [0, 0.05) is 37.7 Å². The Morgan fingerprint density at radius 1 is 1.28 bits per heavy atom. The Kier molecular flexibility index (Phi) is 6.01. The summed E-state index contributed by atoms with van der Waals surface area (Å²) in [5.41, 5.74) is 2.17. The van der Waals surface area contributed by atoms with Crippen molar-refractivity contribution < 1.29 is 4.79 Å². The van der Waals surface area contributed by atoms with Gasteiger partial charge in [0.25, 0.3) is 0 Å². The van der Waals surface area contributed by atoms with Crippen LogP contribution in [-0.2, 0) is 11.3 Å². The van der Waals surface area contributed by atoms with E-state index in [2.05, 4.69) is 27.3 Å². The SMILES string of the molecule is CNCC1CCN(C(=O)CN(Cc2cccnc2)c2ccccc2)C1. The van der Waals surface area contributed by atoms with Crippen molar-refractivity contribution in [1.29, 1.82) is 0 Å². The Labute approximate surface area is 149 Å². The van der Waals surface area contributed by atoms with Gasteiger partial charge in [-0.15, -0.1) is 0 Å². The summed E-state index contributed by atoms with van der Waals surface area (Å²) in [6, 6.07) is 14.1. The van der Waals surface area contributed by atoms with Crippen molar-refractivity contribution in [2.75, 3.05) is 38.1 Å². The molecule has 0 spiro atoms. The summed E-state index contributed by atoms with van der Waals surface area (Å²) < 4.78 is 0. The number of rotatable bonds is 7. The highest BCUT2D eigenvalue weighted by molar-refractivity contribution is 5.81. The number of hydrogen-bond acceptors (Lipinski definition) is 4. The number of para-hydroxylation sites is 1. The van der Waals surface area contributed by atoms with E-state index in [-0.39, 0.29) is 5.91 Å². The first-order chi connectivity index (χ1) is 12.3. The number of aromatic nitrogens is 1. The van der Waals surface area contributed by atoms with E-state index < -0.39 is 0 Å². The van der Waals surface area contributed by atoms with Crippen LogP contribution in [-0.4, -0.2) is 49.0 Å². The first kappa shape index (κ1) is 17.4. The molecular formula is C20H26N4O. The van der Waals surface area contributed by atoms with Crippen LogP contribution in [0.25, 0.3) is 0 Å². The molecule has 0 saturated carbocycles. The molecular weight excluding hydrogens is 312 g/mol. The molecule has 5 nitrogen and oxygen atoms in total. The molecule has 132 valence electrons. The van der Waals surface area contributed by atoms with E-state index in [0.29, 0.717) is 19.0 Å². The minimum Gasteiger partial charge on any atom is -0.358 e. The average Bonchev–Trinajstić information content (AvgIpc) is 3.12. The molecule has 1 aliphatic rings. The lowest BCUT2D eigenvalue weighted by Gasteiger charge is -2.27. The zero-order valence-corrected chi connectivity index (χ0v) is 14.8. The first-order valence-electron chi connectivity index (χ1n) is 8.87. The molecule has 1 aromatic heterocycles. The number of likely N-dealkylation sites (tertiary alicyclic amines) is 1. The number of nitrogens with zero attached hydrogens (tertiary/aromatic N) is 3. The Hall–Kier alpha value is -2.40. The predicted molar refractivity (Wildman–Crippen MR) is 100 cm³/mol. The maximum Gasteiger partial charge on any atom is 0.242 e. The van der Waals surface area contributed by atoms with Crippen LogP contribution in [0.5, 0.6) is 0 Å². The Morgan fingerprint density at radius 3 is 2.84 bits per heavy atom. The lowest BCUT2D eigenvalue weighted by Crippen LogP contribution is -2.39. The molecule has 3 rings (SSSR count). The highest BCUT2D eigenvalue weighted by atomic mass is 16.2.